The van der Waals surface area contributed by atoms with Crippen molar-refractivity contribution in [2.45, 2.75) is 38.6 Å². The summed E-state index contributed by atoms with van der Waals surface area (Å²) in [6, 6.07) is 3.01. The van der Waals surface area contributed by atoms with Gasteiger partial charge in [-0.05, 0) is 19.1 Å². The van der Waals surface area contributed by atoms with E-state index in [1.165, 1.54) is 11.3 Å². The number of carbonyl (C=O) groups excluding carboxylic acids is 2. The summed E-state index contributed by atoms with van der Waals surface area (Å²) in [6.07, 6.45) is 3.15. The summed E-state index contributed by atoms with van der Waals surface area (Å²) in [5.74, 6) is -0.0476. The van der Waals surface area contributed by atoms with Gasteiger partial charge >= 0.3 is 0 Å². The first kappa shape index (κ1) is 21.5. The van der Waals surface area contributed by atoms with E-state index in [2.05, 4.69) is 25.6 Å². The average molecular weight is 470 g/mol. The highest BCUT2D eigenvalue weighted by Crippen LogP contribution is 2.21. The normalized spacial score (nSPS) is 20.9. The summed E-state index contributed by atoms with van der Waals surface area (Å²) < 4.78 is 13.5. The Morgan fingerprint density at radius 3 is 3.12 bits per heavy atom. The second-order valence-corrected chi connectivity index (χ2v) is 9.00. The van der Waals surface area contributed by atoms with Crippen LogP contribution in [0.15, 0.2) is 29.9 Å². The molecule has 172 valence electrons. The minimum Gasteiger partial charge on any atom is -0.489 e. The van der Waals surface area contributed by atoms with E-state index in [0.29, 0.717) is 37.7 Å². The van der Waals surface area contributed by atoms with Crippen molar-refractivity contribution in [3.8, 4) is 5.75 Å². The smallest absolute Gasteiger partial charge is 0.274 e. The topological polar surface area (TPSA) is 124 Å². The quantitative estimate of drug-likeness (QED) is 0.579. The van der Waals surface area contributed by atoms with E-state index in [1.807, 2.05) is 12.3 Å². The SMILES string of the molecule is Cc1nc(CC(=O)N2C[C@@H]3NC(=O)c4ncccc4OCCn4cc(nn4)CO[C@H]3C2)cs1. The largest absolute Gasteiger partial charge is 0.489 e. The van der Waals surface area contributed by atoms with E-state index in [1.54, 1.807) is 34.1 Å². The molecule has 33 heavy (non-hydrogen) atoms. The van der Waals surface area contributed by atoms with Crippen molar-refractivity contribution in [3.05, 3.63) is 52.0 Å². The number of likely N-dealkylation sites (tertiary alicyclic amines) is 1. The molecular formula is C21H23N7O4S. The molecule has 5 rings (SSSR count). The molecule has 2 aliphatic rings. The second-order valence-electron chi connectivity index (χ2n) is 7.93. The Kier molecular flexibility index (Phi) is 6.01. The highest BCUT2D eigenvalue weighted by molar-refractivity contribution is 7.09. The number of aromatic nitrogens is 5. The number of hydrogen-bond donors (Lipinski definition) is 1. The second kappa shape index (κ2) is 9.24. The third-order valence-electron chi connectivity index (χ3n) is 5.53. The number of amides is 2. The van der Waals surface area contributed by atoms with Gasteiger partial charge in [-0.15, -0.1) is 16.4 Å². The van der Waals surface area contributed by atoms with Gasteiger partial charge in [0.15, 0.2) is 11.4 Å². The average Bonchev–Trinajstić information content (AvgIpc) is 3.53. The molecule has 11 nitrogen and oxygen atoms in total. The molecule has 0 unspecified atom stereocenters. The van der Waals surface area contributed by atoms with Crippen LogP contribution in [0.4, 0.5) is 0 Å². The molecule has 3 aromatic heterocycles. The van der Waals surface area contributed by atoms with Crippen molar-refractivity contribution in [2.75, 3.05) is 19.7 Å². The van der Waals surface area contributed by atoms with Gasteiger partial charge in [-0.3, -0.25) is 9.59 Å². The monoisotopic (exact) mass is 469 g/mol. The Labute approximate surface area is 193 Å². The van der Waals surface area contributed by atoms with Crippen molar-refractivity contribution < 1.29 is 19.1 Å². The highest BCUT2D eigenvalue weighted by atomic mass is 32.1. The molecule has 1 N–H and O–H groups in total. The third-order valence-corrected chi connectivity index (χ3v) is 6.35. The van der Waals surface area contributed by atoms with Gasteiger partial charge in [0.1, 0.15) is 12.3 Å². The first-order valence-corrected chi connectivity index (χ1v) is 11.5. The van der Waals surface area contributed by atoms with Crippen LogP contribution in [0.25, 0.3) is 0 Å². The maximum absolute atomic E-state index is 13.0. The number of thiazole rings is 1. The number of hydrogen-bond acceptors (Lipinski definition) is 9. The molecule has 12 heteroatoms. The molecule has 5 heterocycles. The third kappa shape index (κ3) is 4.86. The fraction of sp³-hybridized carbons (Fsp3) is 0.429. The zero-order valence-electron chi connectivity index (χ0n) is 18.0. The van der Waals surface area contributed by atoms with Crippen LogP contribution in [0.2, 0.25) is 0 Å². The molecule has 0 radical (unpaired) electrons. The van der Waals surface area contributed by atoms with Crippen LogP contribution in [0, 0.1) is 6.92 Å². The van der Waals surface area contributed by atoms with E-state index in [9.17, 15) is 9.59 Å². The fourth-order valence-corrected chi connectivity index (χ4v) is 4.52. The van der Waals surface area contributed by atoms with Crippen molar-refractivity contribution in [1.82, 2.24) is 35.2 Å². The van der Waals surface area contributed by atoms with E-state index < -0.39 is 12.1 Å². The molecule has 0 aromatic carbocycles. The van der Waals surface area contributed by atoms with Crippen LogP contribution in [0.5, 0.6) is 5.75 Å². The number of nitrogens with one attached hydrogen (secondary N) is 1. The van der Waals surface area contributed by atoms with Crippen LogP contribution in [-0.4, -0.2) is 73.5 Å². The number of rotatable bonds is 2. The van der Waals surface area contributed by atoms with Crippen molar-refractivity contribution in [2.24, 2.45) is 0 Å². The maximum atomic E-state index is 13.0. The van der Waals surface area contributed by atoms with Gasteiger partial charge in [0.25, 0.3) is 5.91 Å². The van der Waals surface area contributed by atoms with Gasteiger partial charge in [-0.1, -0.05) is 5.21 Å². The van der Waals surface area contributed by atoms with Gasteiger partial charge in [0.05, 0.1) is 48.6 Å². The van der Waals surface area contributed by atoms with Crippen LogP contribution < -0.4 is 10.1 Å². The Morgan fingerprint density at radius 1 is 1.36 bits per heavy atom. The summed E-state index contributed by atoms with van der Waals surface area (Å²) in [5.41, 5.74) is 1.61. The molecule has 0 aliphatic carbocycles. The van der Waals surface area contributed by atoms with E-state index in [0.717, 1.165) is 10.7 Å². The lowest BCUT2D eigenvalue weighted by Gasteiger charge is -2.20. The Morgan fingerprint density at radius 2 is 2.27 bits per heavy atom. The Bertz CT molecular complexity index is 1160. The molecule has 0 spiro atoms. The molecule has 2 aliphatic heterocycles. The molecule has 2 amide bonds. The zero-order valence-corrected chi connectivity index (χ0v) is 18.8. The number of carbonyl (C=O) groups is 2. The van der Waals surface area contributed by atoms with E-state index in [-0.39, 0.29) is 30.5 Å². The van der Waals surface area contributed by atoms with Gasteiger partial charge in [-0.2, -0.15) is 0 Å². The van der Waals surface area contributed by atoms with Crippen LogP contribution in [0.1, 0.15) is 26.9 Å². The lowest BCUT2D eigenvalue weighted by molar-refractivity contribution is -0.130. The van der Waals surface area contributed by atoms with E-state index in [4.69, 9.17) is 9.47 Å². The van der Waals surface area contributed by atoms with Gasteiger partial charge in [0, 0.05) is 24.7 Å². The minimum atomic E-state index is -0.411. The first-order valence-electron chi connectivity index (χ1n) is 10.6. The lowest BCUT2D eigenvalue weighted by atomic mass is 10.2. The summed E-state index contributed by atoms with van der Waals surface area (Å²) >= 11 is 1.52. The predicted molar refractivity (Wildman–Crippen MR) is 117 cm³/mol. The number of aryl methyl sites for hydroxylation is 1. The molecule has 1 fully saturated rings. The van der Waals surface area contributed by atoms with Gasteiger partial charge < -0.3 is 19.7 Å². The molecule has 0 saturated carbocycles. The van der Waals surface area contributed by atoms with Crippen molar-refractivity contribution >= 4 is 23.2 Å². The molecule has 3 aromatic rings. The summed E-state index contributed by atoms with van der Waals surface area (Å²) in [7, 11) is 0. The van der Waals surface area contributed by atoms with Gasteiger partial charge in [0.2, 0.25) is 5.91 Å². The molecule has 2 bridgehead atoms. The number of nitrogens with zero attached hydrogens (tertiary/aromatic N) is 6. The van der Waals surface area contributed by atoms with Crippen LogP contribution >= 0.6 is 11.3 Å². The minimum absolute atomic E-state index is 0.0589. The van der Waals surface area contributed by atoms with Crippen LogP contribution in [0.3, 0.4) is 0 Å². The first-order chi connectivity index (χ1) is 16.0. The molecular weight excluding hydrogens is 446 g/mol. The lowest BCUT2D eigenvalue weighted by Crippen LogP contribution is -2.44. The Hall–Kier alpha value is -3.38. The predicted octanol–water partition coefficient (Wildman–Crippen LogP) is 0.599. The van der Waals surface area contributed by atoms with Gasteiger partial charge in [-0.25, -0.2) is 14.6 Å². The standard InChI is InChI=1S/C21H23N7O4S/c1-13-23-14(12-33-13)7-19(29)27-9-16-18(10-27)32-11-15-8-28(26-25-15)5-6-31-17-3-2-4-22-20(17)21(30)24-16/h2-4,8,12,16,18H,5-7,9-11H2,1H3,(H,24,30)/t16-,18-/m0/s1. The number of ether oxygens (including phenoxy) is 2. The zero-order chi connectivity index (χ0) is 22.8. The molecule has 1 saturated heterocycles. The van der Waals surface area contributed by atoms with E-state index >= 15 is 0 Å². The molecule has 2 atom stereocenters. The summed E-state index contributed by atoms with van der Waals surface area (Å²) in [6.45, 7) is 3.58. The number of fused-ring (bicyclic) bond motifs is 4. The summed E-state index contributed by atoms with van der Waals surface area (Å²) in [4.78, 5) is 36.3. The maximum Gasteiger partial charge on any atom is 0.274 e. The Balaban J connectivity index is 1.37. The summed E-state index contributed by atoms with van der Waals surface area (Å²) in [5, 5.41) is 14.0. The van der Waals surface area contributed by atoms with Crippen LogP contribution in [-0.2, 0) is 29.1 Å². The number of pyridine rings is 1. The van der Waals surface area contributed by atoms with Crippen molar-refractivity contribution in [3.63, 3.8) is 0 Å². The fourth-order valence-electron chi connectivity index (χ4n) is 3.91. The van der Waals surface area contributed by atoms with Crippen molar-refractivity contribution in [1.29, 1.82) is 0 Å². The highest BCUT2D eigenvalue weighted by Gasteiger charge is 2.38.